The summed E-state index contributed by atoms with van der Waals surface area (Å²) in [7, 11) is 0. The topological polar surface area (TPSA) is 39.1 Å². The van der Waals surface area contributed by atoms with Gasteiger partial charge in [0.2, 0.25) is 0 Å². The quantitative estimate of drug-likeness (QED) is 0.766. The summed E-state index contributed by atoms with van der Waals surface area (Å²) in [6, 6.07) is 12.6. The van der Waals surface area contributed by atoms with Crippen LogP contribution in [0.2, 0.25) is 0 Å². The molecule has 3 heteroatoms. The number of fused-ring (bicyclic) bond motifs is 1. The second-order valence-corrected chi connectivity index (χ2v) is 4.48. The summed E-state index contributed by atoms with van der Waals surface area (Å²) < 4.78 is 1.66. The van der Waals surface area contributed by atoms with E-state index in [4.69, 9.17) is 0 Å². The summed E-state index contributed by atoms with van der Waals surface area (Å²) in [5, 5.41) is 0. The number of Topliss-reactive ketones (excluding diaryl/α,β-unsaturated/α-hetero) is 1. The molecule has 1 aliphatic rings. The number of nitrogens with zero attached hydrogens (tertiary/aromatic N) is 1. The zero-order valence-electron chi connectivity index (χ0n) is 9.93. The third-order valence-electron chi connectivity index (χ3n) is 3.33. The van der Waals surface area contributed by atoms with Crippen LogP contribution in [0, 0.1) is 0 Å². The highest BCUT2D eigenvalue weighted by atomic mass is 16.1. The lowest BCUT2D eigenvalue weighted by molar-refractivity contribution is 0.0971. The first kappa shape index (κ1) is 11.0. The fraction of sp³-hybridized carbons (Fsp3) is 0.200. The molecule has 0 atom stereocenters. The van der Waals surface area contributed by atoms with Crippen molar-refractivity contribution in [1.29, 1.82) is 0 Å². The third-order valence-corrected chi connectivity index (χ3v) is 3.33. The van der Waals surface area contributed by atoms with E-state index in [1.165, 1.54) is 6.07 Å². The number of pyridine rings is 1. The Balaban J connectivity index is 2.29. The van der Waals surface area contributed by atoms with Crippen molar-refractivity contribution in [2.75, 3.05) is 0 Å². The first-order valence-electron chi connectivity index (χ1n) is 6.11. The van der Waals surface area contributed by atoms with Crippen LogP contribution < -0.4 is 5.56 Å². The number of hydrogen-bond donors (Lipinski definition) is 0. The van der Waals surface area contributed by atoms with Crippen molar-refractivity contribution in [1.82, 2.24) is 4.57 Å². The molecule has 3 rings (SSSR count). The average molecular weight is 239 g/mol. The molecule has 0 spiro atoms. The molecule has 0 N–H and O–H groups in total. The molecule has 0 amide bonds. The molecule has 0 saturated heterocycles. The Labute approximate surface area is 105 Å². The lowest BCUT2D eigenvalue weighted by Gasteiger charge is -2.19. The minimum atomic E-state index is -0.0744. The van der Waals surface area contributed by atoms with Crippen LogP contribution in [0.25, 0.3) is 5.69 Å². The fourth-order valence-corrected chi connectivity index (χ4v) is 2.49. The van der Waals surface area contributed by atoms with Crippen LogP contribution in [0.5, 0.6) is 0 Å². The molecule has 0 aliphatic heterocycles. The molecular formula is C15H13NO2. The molecule has 0 fully saturated rings. The number of ketones is 1. The van der Waals surface area contributed by atoms with Gasteiger partial charge < -0.3 is 0 Å². The molecule has 1 heterocycles. The van der Waals surface area contributed by atoms with Gasteiger partial charge >= 0.3 is 0 Å². The van der Waals surface area contributed by atoms with Gasteiger partial charge in [-0.25, -0.2) is 0 Å². The molecule has 1 aromatic carbocycles. The van der Waals surface area contributed by atoms with Gasteiger partial charge in [-0.15, -0.1) is 0 Å². The highest BCUT2D eigenvalue weighted by molar-refractivity contribution is 5.98. The van der Waals surface area contributed by atoms with Gasteiger partial charge in [-0.1, -0.05) is 18.2 Å². The van der Waals surface area contributed by atoms with E-state index in [2.05, 4.69) is 0 Å². The first-order valence-corrected chi connectivity index (χ1v) is 6.11. The molecule has 2 aromatic rings. The van der Waals surface area contributed by atoms with Crippen LogP contribution in [0.3, 0.4) is 0 Å². The standard InChI is InChI=1S/C15H13NO2/c17-14-8-4-7-13-12(14)9-10-15(18)16(13)11-5-2-1-3-6-11/h1-3,5-6,9-10H,4,7-8H2. The van der Waals surface area contributed by atoms with Crippen LogP contribution in [0.1, 0.15) is 28.9 Å². The summed E-state index contributed by atoms with van der Waals surface area (Å²) in [5.41, 5.74) is 2.30. The molecule has 0 radical (unpaired) electrons. The molecule has 90 valence electrons. The van der Waals surface area contributed by atoms with Gasteiger partial charge in [0.25, 0.3) is 5.56 Å². The van der Waals surface area contributed by atoms with Crippen molar-refractivity contribution in [3.8, 4) is 5.69 Å². The predicted molar refractivity (Wildman–Crippen MR) is 69.3 cm³/mol. The Morgan fingerprint density at radius 3 is 2.44 bits per heavy atom. The van der Waals surface area contributed by atoms with Crippen molar-refractivity contribution in [3.05, 3.63) is 64.1 Å². The van der Waals surface area contributed by atoms with Gasteiger partial charge in [-0.2, -0.15) is 0 Å². The Morgan fingerprint density at radius 2 is 1.67 bits per heavy atom. The van der Waals surface area contributed by atoms with Crippen molar-refractivity contribution in [2.24, 2.45) is 0 Å². The number of benzene rings is 1. The Morgan fingerprint density at radius 1 is 0.889 bits per heavy atom. The van der Waals surface area contributed by atoms with E-state index in [-0.39, 0.29) is 11.3 Å². The van der Waals surface area contributed by atoms with Crippen molar-refractivity contribution in [3.63, 3.8) is 0 Å². The molecule has 18 heavy (non-hydrogen) atoms. The smallest absolute Gasteiger partial charge is 0.255 e. The highest BCUT2D eigenvalue weighted by Gasteiger charge is 2.21. The second-order valence-electron chi connectivity index (χ2n) is 4.48. The lowest BCUT2D eigenvalue weighted by Crippen LogP contribution is -2.26. The minimum absolute atomic E-state index is 0.0744. The van der Waals surface area contributed by atoms with Crippen molar-refractivity contribution < 1.29 is 4.79 Å². The second kappa shape index (κ2) is 4.26. The highest BCUT2D eigenvalue weighted by Crippen LogP contribution is 2.21. The van der Waals surface area contributed by atoms with Crippen molar-refractivity contribution in [2.45, 2.75) is 19.3 Å². The van der Waals surface area contributed by atoms with Crippen LogP contribution in [-0.2, 0) is 6.42 Å². The van der Waals surface area contributed by atoms with E-state index in [1.54, 1.807) is 10.6 Å². The largest absolute Gasteiger partial charge is 0.294 e. The number of rotatable bonds is 1. The van der Waals surface area contributed by atoms with E-state index in [0.29, 0.717) is 12.0 Å². The van der Waals surface area contributed by atoms with Gasteiger partial charge in [0.05, 0.1) is 0 Å². The average Bonchev–Trinajstić information content (AvgIpc) is 2.40. The third kappa shape index (κ3) is 1.68. The van der Waals surface area contributed by atoms with Gasteiger partial charge in [-0.05, 0) is 31.0 Å². The Bertz CT molecular complexity index is 656. The number of carbonyl (C=O) groups is 1. The van der Waals surface area contributed by atoms with E-state index >= 15 is 0 Å². The van der Waals surface area contributed by atoms with Crippen LogP contribution in [0.4, 0.5) is 0 Å². The minimum Gasteiger partial charge on any atom is -0.294 e. The van der Waals surface area contributed by atoms with E-state index in [9.17, 15) is 9.59 Å². The first-order chi connectivity index (χ1) is 8.77. The molecule has 0 bridgehead atoms. The van der Waals surface area contributed by atoms with E-state index in [0.717, 1.165) is 24.2 Å². The Kier molecular flexibility index (Phi) is 2.59. The molecule has 0 unspecified atom stereocenters. The number of carbonyl (C=O) groups excluding carboxylic acids is 1. The normalized spacial score (nSPS) is 14.3. The predicted octanol–water partition coefficient (Wildman–Crippen LogP) is 2.36. The number of hydrogen-bond acceptors (Lipinski definition) is 2. The summed E-state index contributed by atoms with van der Waals surface area (Å²) in [6.07, 6.45) is 2.19. The SMILES string of the molecule is O=C1CCCc2c1ccc(=O)n2-c1ccccc1. The zero-order valence-corrected chi connectivity index (χ0v) is 9.93. The van der Waals surface area contributed by atoms with Crippen LogP contribution >= 0.6 is 0 Å². The van der Waals surface area contributed by atoms with Crippen molar-refractivity contribution >= 4 is 5.78 Å². The maximum absolute atomic E-state index is 12.0. The van der Waals surface area contributed by atoms with E-state index in [1.807, 2.05) is 30.3 Å². The lowest BCUT2D eigenvalue weighted by atomic mass is 9.94. The Hall–Kier alpha value is -2.16. The van der Waals surface area contributed by atoms with Crippen LogP contribution in [-0.4, -0.2) is 10.4 Å². The molecule has 1 aromatic heterocycles. The van der Waals surface area contributed by atoms with Crippen LogP contribution in [0.15, 0.2) is 47.3 Å². The molecule has 0 saturated carbocycles. The van der Waals surface area contributed by atoms with Gasteiger partial charge in [0.15, 0.2) is 5.78 Å². The monoisotopic (exact) mass is 239 g/mol. The maximum Gasteiger partial charge on any atom is 0.255 e. The molecule has 3 nitrogen and oxygen atoms in total. The summed E-state index contributed by atoms with van der Waals surface area (Å²) in [6.45, 7) is 0. The molecule has 1 aliphatic carbocycles. The summed E-state index contributed by atoms with van der Waals surface area (Å²) >= 11 is 0. The summed E-state index contributed by atoms with van der Waals surface area (Å²) in [4.78, 5) is 23.9. The molecular weight excluding hydrogens is 226 g/mol. The maximum atomic E-state index is 12.0. The number of para-hydroxylation sites is 1. The van der Waals surface area contributed by atoms with Gasteiger partial charge in [0.1, 0.15) is 0 Å². The van der Waals surface area contributed by atoms with Gasteiger partial charge in [-0.3, -0.25) is 14.2 Å². The van der Waals surface area contributed by atoms with Gasteiger partial charge in [0, 0.05) is 29.4 Å². The fourth-order valence-electron chi connectivity index (χ4n) is 2.49. The zero-order chi connectivity index (χ0) is 12.5. The number of aromatic nitrogens is 1. The summed E-state index contributed by atoms with van der Waals surface area (Å²) in [5.74, 6) is 0.140. The van der Waals surface area contributed by atoms with E-state index < -0.39 is 0 Å².